The number of aliphatic hydroxyl groups excluding tert-OH is 2. The first-order valence-corrected chi connectivity index (χ1v) is 14.0. The number of benzene rings is 1. The molecule has 16 heteroatoms. The lowest BCUT2D eigenvalue weighted by atomic mass is 10.0. The quantitative estimate of drug-likeness (QED) is 0.0839. The third kappa shape index (κ3) is 12.1. The first-order valence-electron chi connectivity index (χ1n) is 14.0. The third-order valence-corrected chi connectivity index (χ3v) is 6.57. The topological polar surface area (TPSA) is 270 Å². The molecule has 0 aliphatic rings. The van der Waals surface area contributed by atoms with Gasteiger partial charge in [-0.3, -0.25) is 24.0 Å². The molecule has 0 saturated heterocycles. The summed E-state index contributed by atoms with van der Waals surface area (Å²) >= 11 is 0. The normalized spacial score (nSPS) is 15.2. The van der Waals surface area contributed by atoms with Crippen LogP contribution in [0.5, 0.6) is 5.75 Å². The molecular weight excluding hydrogens is 580 g/mol. The van der Waals surface area contributed by atoms with Gasteiger partial charge >= 0.3 is 5.97 Å². The van der Waals surface area contributed by atoms with Gasteiger partial charge in [0, 0.05) is 6.42 Å². The van der Waals surface area contributed by atoms with Crippen molar-refractivity contribution in [1.29, 1.82) is 0 Å². The molecule has 0 unspecified atom stereocenters. The molecule has 0 aliphatic heterocycles. The highest BCUT2D eigenvalue weighted by Crippen LogP contribution is 2.12. The maximum Gasteiger partial charge on any atom is 0.326 e. The Morgan fingerprint density at radius 3 is 1.75 bits per heavy atom. The van der Waals surface area contributed by atoms with Crippen LogP contribution in [0.4, 0.5) is 0 Å². The van der Waals surface area contributed by atoms with Gasteiger partial charge < -0.3 is 52.7 Å². The Hall–Kier alpha value is -4.28. The van der Waals surface area contributed by atoms with Gasteiger partial charge in [0.25, 0.3) is 0 Å². The molecule has 0 spiro atoms. The van der Waals surface area contributed by atoms with E-state index < -0.39 is 96.8 Å². The van der Waals surface area contributed by atoms with E-state index in [4.69, 9.17) is 5.73 Å². The van der Waals surface area contributed by atoms with Crippen molar-refractivity contribution in [2.45, 2.75) is 77.4 Å². The van der Waals surface area contributed by atoms with Crippen molar-refractivity contribution in [2.75, 3.05) is 13.2 Å². The fraction of sp³-hybridized carbons (Fsp3) is 0.571. The lowest BCUT2D eigenvalue weighted by molar-refractivity contribution is -0.143. The van der Waals surface area contributed by atoms with Gasteiger partial charge in [-0.25, -0.2) is 4.79 Å². The third-order valence-electron chi connectivity index (χ3n) is 6.57. The highest BCUT2D eigenvalue weighted by Gasteiger charge is 2.32. The minimum absolute atomic E-state index is 0.0417. The van der Waals surface area contributed by atoms with Gasteiger partial charge in [0.05, 0.1) is 19.3 Å². The number of carboxylic acid groups (broad SMARTS) is 1. The lowest BCUT2D eigenvalue weighted by Gasteiger charge is -2.27. The molecule has 0 heterocycles. The first kappa shape index (κ1) is 37.7. The number of aromatic hydroxyl groups is 1. The molecule has 1 aromatic carbocycles. The van der Waals surface area contributed by atoms with Crippen molar-refractivity contribution in [3.63, 3.8) is 0 Å². The summed E-state index contributed by atoms with van der Waals surface area (Å²) in [6.45, 7) is 6.31. The van der Waals surface area contributed by atoms with E-state index in [1.54, 1.807) is 27.7 Å². The minimum Gasteiger partial charge on any atom is -0.508 e. The number of carboxylic acids is 1. The molecule has 16 nitrogen and oxygen atoms in total. The zero-order chi connectivity index (χ0) is 33.7. The zero-order valence-electron chi connectivity index (χ0n) is 25.4. The Balaban J connectivity index is 3.10. The second-order valence-electron chi connectivity index (χ2n) is 11.0. The first-order chi connectivity index (χ1) is 20.5. The van der Waals surface area contributed by atoms with Crippen molar-refractivity contribution >= 4 is 35.5 Å². The van der Waals surface area contributed by atoms with Crippen molar-refractivity contribution < 1.29 is 49.2 Å². The van der Waals surface area contributed by atoms with E-state index in [9.17, 15) is 49.2 Å². The van der Waals surface area contributed by atoms with Crippen molar-refractivity contribution in [2.24, 2.45) is 17.6 Å². The molecule has 44 heavy (non-hydrogen) atoms. The van der Waals surface area contributed by atoms with E-state index in [1.165, 1.54) is 31.2 Å². The summed E-state index contributed by atoms with van der Waals surface area (Å²) in [5, 5.41) is 50.0. The predicted molar refractivity (Wildman–Crippen MR) is 157 cm³/mol. The van der Waals surface area contributed by atoms with Gasteiger partial charge in [0.1, 0.15) is 36.0 Å². The van der Waals surface area contributed by atoms with Gasteiger partial charge in [-0.05, 0) is 36.5 Å². The van der Waals surface area contributed by atoms with Crippen molar-refractivity contribution in [1.82, 2.24) is 26.6 Å². The van der Waals surface area contributed by atoms with Crippen LogP contribution in [0.2, 0.25) is 0 Å². The molecule has 1 rings (SSSR count). The van der Waals surface area contributed by atoms with Gasteiger partial charge in [-0.1, -0.05) is 39.8 Å². The number of hydrogen-bond acceptors (Lipinski definition) is 10. The number of aliphatic hydroxyl groups is 2. The Kier molecular flexibility index (Phi) is 15.2. The summed E-state index contributed by atoms with van der Waals surface area (Å²) in [6.07, 6.45) is -1.37. The number of nitrogens with two attached hydrogens (primary N) is 1. The van der Waals surface area contributed by atoms with Crippen molar-refractivity contribution in [3.05, 3.63) is 29.8 Å². The molecule has 0 saturated carbocycles. The number of nitrogens with one attached hydrogen (secondary N) is 5. The average molecular weight is 625 g/mol. The van der Waals surface area contributed by atoms with Crippen LogP contribution in [-0.4, -0.2) is 105 Å². The molecule has 0 aliphatic carbocycles. The molecular formula is C28H44N6O10. The summed E-state index contributed by atoms with van der Waals surface area (Å²) in [5.41, 5.74) is 6.09. The Morgan fingerprint density at radius 1 is 0.750 bits per heavy atom. The second kappa shape index (κ2) is 17.7. The summed E-state index contributed by atoms with van der Waals surface area (Å²) in [7, 11) is 0. The van der Waals surface area contributed by atoms with E-state index in [2.05, 4.69) is 26.6 Å². The van der Waals surface area contributed by atoms with Crippen LogP contribution in [0.15, 0.2) is 24.3 Å². The number of carbonyl (C=O) groups excluding carboxylic acids is 5. The monoisotopic (exact) mass is 624 g/mol. The number of phenols is 1. The second-order valence-corrected chi connectivity index (χ2v) is 11.0. The van der Waals surface area contributed by atoms with Crippen LogP contribution >= 0.6 is 0 Å². The fourth-order valence-corrected chi connectivity index (χ4v) is 3.83. The number of amides is 5. The molecule has 11 N–H and O–H groups in total. The van der Waals surface area contributed by atoms with Gasteiger partial charge in [-0.15, -0.1) is 0 Å². The van der Waals surface area contributed by atoms with E-state index in [1.807, 2.05) is 0 Å². The fourth-order valence-electron chi connectivity index (χ4n) is 3.83. The Labute approximate surface area is 255 Å². The van der Waals surface area contributed by atoms with Gasteiger partial charge in [-0.2, -0.15) is 0 Å². The average Bonchev–Trinajstić information content (AvgIpc) is 2.95. The standard InChI is InChI=1S/C28H44N6O10/c1-13(2)22(27(42)30-11-20(38)33-23(14(3)4)28(43)44)34-24(39)18(10-16-6-8-17(37)9-7-16)31-25(40)19(12-35)32-26(41)21(29)15(5)36/h6-9,13-15,18-19,21-23,35-37H,10-12,29H2,1-5H3,(H,30,42)(H,31,40)(H,32,41)(H,33,38)(H,34,39)(H,43,44)/t15-,18+,19+,21+,22+,23+/m1/s1. The SMILES string of the molecule is CC(C)[C@H](NC(=O)CNC(=O)[C@@H](NC(=O)[C@H](Cc1ccc(O)cc1)NC(=O)[C@H](CO)NC(=O)[C@@H](N)[C@@H](C)O)C(C)C)C(=O)O. The molecule has 0 radical (unpaired) electrons. The highest BCUT2D eigenvalue weighted by atomic mass is 16.4. The molecule has 6 atom stereocenters. The van der Waals surface area contributed by atoms with Crippen LogP contribution in [0.25, 0.3) is 0 Å². The number of carbonyl (C=O) groups is 6. The predicted octanol–water partition coefficient (Wildman–Crippen LogP) is -2.91. The van der Waals surface area contributed by atoms with Crippen LogP contribution in [0.1, 0.15) is 40.2 Å². The number of phenolic OH excluding ortho intramolecular Hbond substituents is 1. The van der Waals surface area contributed by atoms with E-state index >= 15 is 0 Å². The van der Waals surface area contributed by atoms with Crippen molar-refractivity contribution in [3.8, 4) is 5.75 Å². The molecule has 1 aromatic rings. The molecule has 0 fully saturated rings. The molecule has 0 aromatic heterocycles. The zero-order valence-corrected chi connectivity index (χ0v) is 25.4. The van der Waals surface area contributed by atoms with Gasteiger partial charge in [0.2, 0.25) is 29.5 Å². The Bertz CT molecular complexity index is 1160. The summed E-state index contributed by atoms with van der Waals surface area (Å²) in [6, 6.07) is -0.891. The largest absolute Gasteiger partial charge is 0.508 e. The minimum atomic E-state index is -1.54. The van der Waals surface area contributed by atoms with Gasteiger partial charge in [0.15, 0.2) is 0 Å². The lowest BCUT2D eigenvalue weighted by Crippen LogP contribution is -2.60. The van der Waals surface area contributed by atoms with E-state index in [0.29, 0.717) is 5.56 Å². The number of hydrogen-bond donors (Lipinski definition) is 10. The number of rotatable bonds is 17. The van der Waals surface area contributed by atoms with E-state index in [-0.39, 0.29) is 12.2 Å². The highest BCUT2D eigenvalue weighted by molar-refractivity contribution is 5.96. The number of aliphatic carboxylic acids is 1. The summed E-state index contributed by atoms with van der Waals surface area (Å²) < 4.78 is 0. The Morgan fingerprint density at radius 2 is 1.27 bits per heavy atom. The van der Waals surface area contributed by atoms with Crippen LogP contribution in [0, 0.1) is 11.8 Å². The summed E-state index contributed by atoms with van der Waals surface area (Å²) in [4.78, 5) is 75.3. The van der Waals surface area contributed by atoms with Crippen LogP contribution in [-0.2, 0) is 35.2 Å². The summed E-state index contributed by atoms with van der Waals surface area (Å²) in [5.74, 6) is -6.39. The smallest absolute Gasteiger partial charge is 0.326 e. The van der Waals surface area contributed by atoms with Crippen LogP contribution in [0.3, 0.4) is 0 Å². The maximum atomic E-state index is 13.4. The maximum absolute atomic E-state index is 13.4. The molecule has 246 valence electrons. The van der Waals surface area contributed by atoms with E-state index in [0.717, 1.165) is 0 Å². The molecule has 5 amide bonds. The van der Waals surface area contributed by atoms with Crippen LogP contribution < -0.4 is 32.3 Å². The molecule has 0 bridgehead atoms.